The summed E-state index contributed by atoms with van der Waals surface area (Å²) in [7, 11) is 0. The molecule has 3 N–H and O–H groups in total. The van der Waals surface area contributed by atoms with Gasteiger partial charge in [-0.05, 0) is 18.1 Å². The zero-order valence-corrected chi connectivity index (χ0v) is 19.8. The summed E-state index contributed by atoms with van der Waals surface area (Å²) in [5.74, 6) is -1.18. The average molecular weight is 501 g/mol. The molecule has 0 radical (unpaired) electrons. The minimum atomic E-state index is -4.51. The van der Waals surface area contributed by atoms with Crippen molar-refractivity contribution >= 4 is 12.0 Å². The van der Waals surface area contributed by atoms with Gasteiger partial charge in [0.15, 0.2) is 5.82 Å². The first-order valence-electron chi connectivity index (χ1n) is 11.4. The zero-order chi connectivity index (χ0) is 26.5. The van der Waals surface area contributed by atoms with Gasteiger partial charge in [-0.3, -0.25) is 4.79 Å². The second-order valence-corrected chi connectivity index (χ2v) is 8.71. The minimum Gasteiger partial charge on any atom is -0.481 e. The number of rotatable bonds is 9. The molecular formula is C27H27F3N2O4. The molecule has 0 aliphatic heterocycles. The molecule has 1 aromatic heterocycles. The average Bonchev–Trinajstić information content (AvgIpc) is 2.81. The lowest BCUT2D eigenvalue weighted by Gasteiger charge is -2.17. The molecule has 0 aliphatic rings. The highest BCUT2D eigenvalue weighted by molar-refractivity contribution is 5.76. The van der Waals surface area contributed by atoms with Gasteiger partial charge in [-0.15, -0.1) is 0 Å². The van der Waals surface area contributed by atoms with E-state index in [9.17, 15) is 28.2 Å². The summed E-state index contributed by atoms with van der Waals surface area (Å²) in [6, 6.07) is 13.9. The number of hydrogen-bond donors (Lipinski definition) is 3. The fourth-order valence-corrected chi connectivity index (χ4v) is 3.72. The Morgan fingerprint density at radius 2 is 1.67 bits per heavy atom. The van der Waals surface area contributed by atoms with Gasteiger partial charge in [0.25, 0.3) is 0 Å². The molecule has 0 fully saturated rings. The molecule has 0 aliphatic carbocycles. The van der Waals surface area contributed by atoms with Crippen molar-refractivity contribution in [1.82, 2.24) is 9.97 Å². The van der Waals surface area contributed by atoms with E-state index in [1.165, 1.54) is 18.2 Å². The van der Waals surface area contributed by atoms with Crippen molar-refractivity contribution < 1.29 is 33.3 Å². The molecule has 1 heterocycles. The number of aliphatic hydroxyl groups is 2. The normalized spacial score (nSPS) is 13.8. The molecule has 9 heteroatoms. The van der Waals surface area contributed by atoms with Crippen LogP contribution in [-0.4, -0.2) is 43.5 Å². The number of nitrogens with zero attached hydrogens (tertiary/aromatic N) is 2. The first kappa shape index (κ1) is 27.0. The quantitative estimate of drug-likeness (QED) is 0.356. The molecule has 190 valence electrons. The fraction of sp³-hybridized carbons (Fsp3) is 0.296. The number of carbonyl (C=O) groups is 1. The van der Waals surface area contributed by atoms with Crippen molar-refractivity contribution in [3.8, 4) is 22.6 Å². The number of aliphatic hydroxyl groups excluding tert-OH is 2. The molecule has 2 unspecified atom stereocenters. The van der Waals surface area contributed by atoms with Crippen LogP contribution in [0.5, 0.6) is 0 Å². The van der Waals surface area contributed by atoms with Crippen LogP contribution in [0.2, 0.25) is 0 Å². The largest absolute Gasteiger partial charge is 0.481 e. The summed E-state index contributed by atoms with van der Waals surface area (Å²) in [5.41, 5.74) is 1.72. The number of carboxylic acids is 1. The molecule has 0 amide bonds. The second kappa shape index (κ2) is 11.5. The van der Waals surface area contributed by atoms with Crippen LogP contribution in [0.4, 0.5) is 13.2 Å². The minimum absolute atomic E-state index is 0.137. The van der Waals surface area contributed by atoms with Gasteiger partial charge in [-0.25, -0.2) is 9.97 Å². The SMILES string of the molecule is CC(C)c1nc(-c2cccc(C(F)(F)F)c2)nc(-c2ccccc2)c1/C=C/C(O)CC(O)CC(=O)O. The van der Waals surface area contributed by atoms with Crippen molar-refractivity contribution in [2.45, 2.75) is 51.0 Å². The van der Waals surface area contributed by atoms with Gasteiger partial charge >= 0.3 is 12.1 Å². The van der Waals surface area contributed by atoms with Gasteiger partial charge in [0.1, 0.15) is 0 Å². The highest BCUT2D eigenvalue weighted by Gasteiger charge is 2.31. The van der Waals surface area contributed by atoms with E-state index in [1.54, 1.807) is 18.2 Å². The van der Waals surface area contributed by atoms with Crippen molar-refractivity contribution in [2.75, 3.05) is 0 Å². The third kappa shape index (κ3) is 6.99. The van der Waals surface area contributed by atoms with Crippen LogP contribution < -0.4 is 0 Å². The van der Waals surface area contributed by atoms with Crippen LogP contribution in [0.25, 0.3) is 28.7 Å². The maximum absolute atomic E-state index is 13.3. The second-order valence-electron chi connectivity index (χ2n) is 8.71. The first-order chi connectivity index (χ1) is 17.0. The molecule has 36 heavy (non-hydrogen) atoms. The number of benzene rings is 2. The van der Waals surface area contributed by atoms with E-state index in [2.05, 4.69) is 9.97 Å². The predicted octanol–water partition coefficient (Wildman–Crippen LogP) is 5.55. The number of carboxylic acid groups (broad SMARTS) is 1. The van der Waals surface area contributed by atoms with Crippen LogP contribution in [0, 0.1) is 0 Å². The number of aliphatic carboxylic acids is 1. The smallest absolute Gasteiger partial charge is 0.416 e. The summed E-state index contributed by atoms with van der Waals surface area (Å²) in [5, 5.41) is 29.0. The lowest BCUT2D eigenvalue weighted by Crippen LogP contribution is -2.19. The number of alkyl halides is 3. The van der Waals surface area contributed by atoms with Crippen molar-refractivity contribution in [3.05, 3.63) is 77.5 Å². The van der Waals surface area contributed by atoms with Gasteiger partial charge in [-0.2, -0.15) is 13.2 Å². The monoisotopic (exact) mass is 500 g/mol. The Kier molecular flexibility index (Phi) is 8.60. The summed E-state index contributed by atoms with van der Waals surface area (Å²) in [6.45, 7) is 3.77. The fourth-order valence-electron chi connectivity index (χ4n) is 3.72. The molecule has 0 saturated heterocycles. The molecule has 6 nitrogen and oxygen atoms in total. The standard InChI is InChI=1S/C27H27F3N2O4/c1-16(2)24-22(12-11-20(33)14-21(34)15-23(35)36)25(17-7-4-3-5-8-17)32-26(31-24)18-9-6-10-19(13-18)27(28,29)30/h3-13,16,20-21,33-34H,14-15H2,1-2H3,(H,35,36)/b12-11+. The maximum Gasteiger partial charge on any atom is 0.416 e. The number of halogens is 3. The van der Waals surface area contributed by atoms with E-state index in [0.29, 0.717) is 22.5 Å². The van der Waals surface area contributed by atoms with Crippen molar-refractivity contribution in [2.24, 2.45) is 0 Å². The van der Waals surface area contributed by atoms with Crippen molar-refractivity contribution in [1.29, 1.82) is 0 Å². The lowest BCUT2D eigenvalue weighted by molar-refractivity contribution is -0.139. The Bertz CT molecular complexity index is 1230. The molecule has 3 aromatic rings. The summed E-state index contributed by atoms with van der Waals surface area (Å²) in [6.07, 6.45) is -4.51. The first-order valence-corrected chi connectivity index (χ1v) is 11.4. The number of aromatic nitrogens is 2. The van der Waals surface area contributed by atoms with E-state index in [1.807, 2.05) is 32.0 Å². The van der Waals surface area contributed by atoms with E-state index in [-0.39, 0.29) is 23.7 Å². The molecule has 3 rings (SSSR count). The van der Waals surface area contributed by atoms with Gasteiger partial charge in [0, 0.05) is 23.1 Å². The van der Waals surface area contributed by atoms with Gasteiger partial charge in [0.05, 0.1) is 35.6 Å². The van der Waals surface area contributed by atoms with Gasteiger partial charge < -0.3 is 15.3 Å². The molecule has 2 aromatic carbocycles. The highest BCUT2D eigenvalue weighted by atomic mass is 19.4. The highest BCUT2D eigenvalue weighted by Crippen LogP contribution is 2.34. The topological polar surface area (TPSA) is 104 Å². The number of hydrogen-bond acceptors (Lipinski definition) is 5. The zero-order valence-electron chi connectivity index (χ0n) is 19.8. The molecule has 2 atom stereocenters. The van der Waals surface area contributed by atoms with E-state index >= 15 is 0 Å². The third-order valence-electron chi connectivity index (χ3n) is 5.43. The van der Waals surface area contributed by atoms with Crippen LogP contribution >= 0.6 is 0 Å². The Balaban J connectivity index is 2.12. The molecule has 0 bridgehead atoms. The third-order valence-corrected chi connectivity index (χ3v) is 5.43. The Morgan fingerprint density at radius 3 is 2.28 bits per heavy atom. The van der Waals surface area contributed by atoms with Crippen LogP contribution in [0.3, 0.4) is 0 Å². The Hall–Kier alpha value is -3.56. The Morgan fingerprint density at radius 1 is 1.00 bits per heavy atom. The molecular weight excluding hydrogens is 473 g/mol. The van der Waals surface area contributed by atoms with Crippen molar-refractivity contribution in [3.63, 3.8) is 0 Å². The summed E-state index contributed by atoms with van der Waals surface area (Å²) < 4.78 is 39.9. The summed E-state index contributed by atoms with van der Waals surface area (Å²) in [4.78, 5) is 20.0. The summed E-state index contributed by atoms with van der Waals surface area (Å²) >= 11 is 0. The van der Waals surface area contributed by atoms with Gasteiger partial charge in [-0.1, -0.05) is 68.5 Å². The van der Waals surface area contributed by atoms with Crippen LogP contribution in [0.1, 0.15) is 49.4 Å². The van der Waals surface area contributed by atoms with Crippen LogP contribution in [0.15, 0.2) is 60.7 Å². The van der Waals surface area contributed by atoms with Gasteiger partial charge in [0.2, 0.25) is 0 Å². The molecule has 0 spiro atoms. The Labute approximate surface area is 206 Å². The van der Waals surface area contributed by atoms with E-state index in [0.717, 1.165) is 12.1 Å². The van der Waals surface area contributed by atoms with E-state index < -0.39 is 36.3 Å². The lowest BCUT2D eigenvalue weighted by atomic mass is 9.96. The van der Waals surface area contributed by atoms with Crippen LogP contribution in [-0.2, 0) is 11.0 Å². The molecule has 0 saturated carbocycles. The maximum atomic E-state index is 13.3. The van der Waals surface area contributed by atoms with E-state index in [4.69, 9.17) is 5.11 Å². The predicted molar refractivity (Wildman–Crippen MR) is 130 cm³/mol.